The Kier molecular flexibility index (Phi) is 2.00. The second-order valence-electron chi connectivity index (χ2n) is 2.12. The Hall–Kier alpha value is -1.23. The molecule has 0 saturated carbocycles. The lowest BCUT2D eigenvalue weighted by Crippen LogP contribution is -1.92. The van der Waals surface area contributed by atoms with Crippen molar-refractivity contribution in [1.82, 2.24) is 4.98 Å². The molecular formula is C6H6N2O2S. The fraction of sp³-hybridized carbons (Fsp3) is 0.167. The van der Waals surface area contributed by atoms with Crippen LogP contribution in [0.15, 0.2) is 12.3 Å². The van der Waals surface area contributed by atoms with Gasteiger partial charge < -0.3 is 4.98 Å². The first-order valence-electron chi connectivity index (χ1n) is 2.95. The predicted molar refractivity (Wildman–Crippen MR) is 43.0 cm³/mol. The molecule has 4 nitrogen and oxygen atoms in total. The van der Waals surface area contributed by atoms with E-state index in [9.17, 15) is 10.1 Å². The number of aromatic nitrogens is 1. The maximum Gasteiger partial charge on any atom is 0.276 e. The summed E-state index contributed by atoms with van der Waals surface area (Å²) >= 11 is 4.72. The fourth-order valence-corrected chi connectivity index (χ4v) is 0.900. The molecule has 1 heterocycles. The van der Waals surface area contributed by atoms with Crippen LogP contribution in [-0.2, 0) is 0 Å². The third-order valence-electron chi connectivity index (χ3n) is 1.30. The molecule has 0 radical (unpaired) electrons. The highest BCUT2D eigenvalue weighted by Crippen LogP contribution is 2.14. The molecule has 0 aliphatic carbocycles. The molecule has 0 fully saturated rings. The molecule has 1 rings (SSSR count). The minimum atomic E-state index is -0.445. The van der Waals surface area contributed by atoms with Crippen molar-refractivity contribution >= 4 is 17.9 Å². The number of H-pyrrole nitrogens is 1. The van der Waals surface area contributed by atoms with Crippen LogP contribution in [0.25, 0.3) is 0 Å². The maximum absolute atomic E-state index is 10.3. The number of nitro groups is 1. The predicted octanol–water partition coefficient (Wildman–Crippen LogP) is 1.96. The van der Waals surface area contributed by atoms with E-state index < -0.39 is 4.92 Å². The van der Waals surface area contributed by atoms with Crippen LogP contribution in [0.4, 0.5) is 5.69 Å². The van der Waals surface area contributed by atoms with Crippen LogP contribution in [0, 0.1) is 21.7 Å². The van der Waals surface area contributed by atoms with Crippen molar-refractivity contribution in [2.45, 2.75) is 6.92 Å². The lowest BCUT2D eigenvalue weighted by molar-refractivity contribution is -0.385. The molecule has 0 bridgehead atoms. The molecule has 11 heavy (non-hydrogen) atoms. The summed E-state index contributed by atoms with van der Waals surface area (Å²) in [6.45, 7) is 1.66. The second-order valence-corrected chi connectivity index (χ2v) is 2.56. The quantitative estimate of drug-likeness (QED) is 0.398. The van der Waals surface area contributed by atoms with Crippen molar-refractivity contribution in [1.29, 1.82) is 0 Å². The van der Waals surface area contributed by atoms with Crippen molar-refractivity contribution in [3.8, 4) is 0 Å². The lowest BCUT2D eigenvalue weighted by atomic mass is 10.3. The number of rotatable bonds is 1. The molecule has 0 amide bonds. The molecule has 0 aliphatic heterocycles. The lowest BCUT2D eigenvalue weighted by Gasteiger charge is -1.93. The van der Waals surface area contributed by atoms with Crippen LogP contribution < -0.4 is 0 Å². The highest BCUT2D eigenvalue weighted by Gasteiger charge is 2.08. The summed E-state index contributed by atoms with van der Waals surface area (Å²) in [5.41, 5.74) is 0.650. The third kappa shape index (κ3) is 1.62. The number of nitrogens with zero attached hydrogens (tertiary/aromatic N) is 1. The van der Waals surface area contributed by atoms with Gasteiger partial charge in [-0.15, -0.1) is 0 Å². The summed E-state index contributed by atoms with van der Waals surface area (Å²) in [4.78, 5) is 12.6. The Morgan fingerprint density at radius 3 is 2.82 bits per heavy atom. The number of hydrogen-bond donors (Lipinski definition) is 1. The topological polar surface area (TPSA) is 58.9 Å². The highest BCUT2D eigenvalue weighted by atomic mass is 32.1. The van der Waals surface area contributed by atoms with Crippen LogP contribution in [-0.4, -0.2) is 9.91 Å². The van der Waals surface area contributed by atoms with Gasteiger partial charge in [0.25, 0.3) is 5.69 Å². The first kappa shape index (κ1) is 7.87. The summed E-state index contributed by atoms with van der Waals surface area (Å²) in [7, 11) is 0. The maximum atomic E-state index is 10.3. The van der Waals surface area contributed by atoms with Crippen LogP contribution >= 0.6 is 12.2 Å². The standard InChI is InChI=1S/C6H6N2O2S/c1-4-3-7-6(11)2-5(4)8(9)10/h2-3H,1H3,(H,7,11). The Labute approximate surface area is 68.0 Å². The van der Waals surface area contributed by atoms with Gasteiger partial charge in [0.1, 0.15) is 4.64 Å². The van der Waals surface area contributed by atoms with Crippen molar-refractivity contribution in [3.05, 3.63) is 32.6 Å². The molecule has 1 aromatic heterocycles. The summed E-state index contributed by atoms with van der Waals surface area (Å²) in [5.74, 6) is 0. The molecule has 0 unspecified atom stereocenters. The van der Waals surface area contributed by atoms with Crippen LogP contribution in [0.2, 0.25) is 0 Å². The van der Waals surface area contributed by atoms with Gasteiger partial charge in [0.2, 0.25) is 0 Å². The Morgan fingerprint density at radius 1 is 1.73 bits per heavy atom. The molecule has 0 spiro atoms. The number of pyridine rings is 1. The van der Waals surface area contributed by atoms with Crippen molar-refractivity contribution in [3.63, 3.8) is 0 Å². The molecule has 0 aliphatic rings. The molecule has 0 aromatic carbocycles. The normalized spacial score (nSPS) is 9.55. The van der Waals surface area contributed by atoms with Gasteiger partial charge in [0, 0.05) is 11.8 Å². The first-order chi connectivity index (χ1) is 5.11. The van der Waals surface area contributed by atoms with Gasteiger partial charge in [-0.1, -0.05) is 12.2 Å². The molecule has 1 N–H and O–H groups in total. The van der Waals surface area contributed by atoms with Crippen LogP contribution in [0.5, 0.6) is 0 Å². The van der Waals surface area contributed by atoms with Crippen LogP contribution in [0.3, 0.4) is 0 Å². The minimum Gasteiger partial charge on any atom is -0.352 e. The monoisotopic (exact) mass is 170 g/mol. The highest BCUT2D eigenvalue weighted by molar-refractivity contribution is 7.71. The average molecular weight is 170 g/mol. The number of nitrogens with one attached hydrogen (secondary N) is 1. The molecule has 58 valence electrons. The van der Waals surface area contributed by atoms with E-state index in [1.807, 2.05) is 0 Å². The Bertz CT molecular complexity index is 345. The summed E-state index contributed by atoms with van der Waals surface area (Å²) in [6.07, 6.45) is 1.53. The zero-order valence-electron chi connectivity index (χ0n) is 5.83. The van der Waals surface area contributed by atoms with E-state index in [-0.39, 0.29) is 5.69 Å². The summed E-state index contributed by atoms with van der Waals surface area (Å²) in [5, 5.41) is 10.3. The SMILES string of the molecule is Cc1c[nH]c(=S)cc1[N+](=O)[O-]. The van der Waals surface area contributed by atoms with Crippen molar-refractivity contribution in [2.75, 3.05) is 0 Å². The summed E-state index contributed by atoms with van der Waals surface area (Å²) < 4.78 is 0.377. The average Bonchev–Trinajstić information content (AvgIpc) is 1.94. The zero-order chi connectivity index (χ0) is 8.43. The fourth-order valence-electron chi connectivity index (χ4n) is 0.730. The third-order valence-corrected chi connectivity index (χ3v) is 1.54. The first-order valence-corrected chi connectivity index (χ1v) is 3.36. The molecular weight excluding hydrogens is 164 g/mol. The van der Waals surface area contributed by atoms with E-state index in [1.54, 1.807) is 6.92 Å². The van der Waals surface area contributed by atoms with Crippen LogP contribution in [0.1, 0.15) is 5.56 Å². The van der Waals surface area contributed by atoms with Gasteiger partial charge in [0.05, 0.1) is 11.0 Å². The molecule has 5 heteroatoms. The van der Waals surface area contributed by atoms with E-state index in [2.05, 4.69) is 4.98 Å². The Balaban J connectivity index is 3.35. The van der Waals surface area contributed by atoms with Gasteiger partial charge in [0.15, 0.2) is 0 Å². The van der Waals surface area contributed by atoms with Gasteiger partial charge in [-0.3, -0.25) is 10.1 Å². The van der Waals surface area contributed by atoms with Gasteiger partial charge in [-0.25, -0.2) is 0 Å². The van der Waals surface area contributed by atoms with Gasteiger partial charge in [-0.05, 0) is 6.92 Å². The number of aromatic amines is 1. The van der Waals surface area contributed by atoms with Gasteiger partial charge >= 0.3 is 0 Å². The number of aryl methyl sites for hydroxylation is 1. The van der Waals surface area contributed by atoms with Crippen molar-refractivity contribution < 1.29 is 4.92 Å². The number of hydrogen-bond acceptors (Lipinski definition) is 3. The second kappa shape index (κ2) is 2.79. The Morgan fingerprint density at radius 2 is 2.36 bits per heavy atom. The van der Waals surface area contributed by atoms with Crippen molar-refractivity contribution in [2.24, 2.45) is 0 Å². The molecule has 0 saturated heterocycles. The minimum absolute atomic E-state index is 0.0637. The van der Waals surface area contributed by atoms with E-state index in [4.69, 9.17) is 12.2 Å². The van der Waals surface area contributed by atoms with E-state index in [0.29, 0.717) is 10.2 Å². The largest absolute Gasteiger partial charge is 0.352 e. The van der Waals surface area contributed by atoms with E-state index in [1.165, 1.54) is 12.3 Å². The van der Waals surface area contributed by atoms with E-state index in [0.717, 1.165) is 0 Å². The van der Waals surface area contributed by atoms with Gasteiger partial charge in [-0.2, -0.15) is 0 Å². The molecule has 1 aromatic rings. The summed E-state index contributed by atoms with van der Waals surface area (Å²) in [6, 6.07) is 1.34. The smallest absolute Gasteiger partial charge is 0.276 e. The zero-order valence-corrected chi connectivity index (χ0v) is 6.64. The molecule has 0 atom stereocenters. The van der Waals surface area contributed by atoms with E-state index >= 15 is 0 Å².